The van der Waals surface area contributed by atoms with Crippen molar-refractivity contribution in [2.45, 2.75) is 32.2 Å². The third kappa shape index (κ3) is 5.94. The predicted molar refractivity (Wildman–Crippen MR) is 136 cm³/mol. The van der Waals surface area contributed by atoms with Gasteiger partial charge in [-0.2, -0.15) is 0 Å². The van der Waals surface area contributed by atoms with Crippen molar-refractivity contribution in [2.24, 2.45) is 0 Å². The Labute approximate surface area is 206 Å². The highest BCUT2D eigenvalue weighted by molar-refractivity contribution is 6.39. The lowest BCUT2D eigenvalue weighted by Crippen LogP contribution is -2.48. The van der Waals surface area contributed by atoms with Gasteiger partial charge in [-0.3, -0.25) is 15.2 Å². The van der Waals surface area contributed by atoms with Gasteiger partial charge in [0.15, 0.2) is 0 Å². The van der Waals surface area contributed by atoms with Crippen LogP contribution in [0.2, 0.25) is 10.0 Å². The summed E-state index contributed by atoms with van der Waals surface area (Å²) >= 11 is 12.5. The molecule has 0 spiro atoms. The number of hydrogen-bond acceptors (Lipinski definition) is 5. The minimum Gasteiger partial charge on any atom is -0.356 e. The van der Waals surface area contributed by atoms with Gasteiger partial charge in [0.05, 0.1) is 15.7 Å². The number of piperidine rings is 1. The molecule has 176 valence electrons. The molecular weight excluding hydrogens is 457 g/mol. The molecule has 2 heterocycles. The molecule has 8 heteroatoms. The second-order valence-electron chi connectivity index (χ2n) is 8.46. The molecule has 33 heavy (non-hydrogen) atoms. The Morgan fingerprint density at radius 2 is 1.70 bits per heavy atom. The van der Waals surface area contributed by atoms with E-state index in [2.05, 4.69) is 21.4 Å². The summed E-state index contributed by atoms with van der Waals surface area (Å²) in [5, 5.41) is 3.18. The third-order valence-electron chi connectivity index (χ3n) is 6.24. The van der Waals surface area contributed by atoms with Gasteiger partial charge in [0, 0.05) is 56.7 Å². The Morgan fingerprint density at radius 1 is 1.00 bits per heavy atom. The van der Waals surface area contributed by atoms with Crippen LogP contribution in [0.4, 0.5) is 11.4 Å². The van der Waals surface area contributed by atoms with Crippen LogP contribution >= 0.6 is 23.2 Å². The molecule has 6 nitrogen and oxygen atoms in total. The van der Waals surface area contributed by atoms with Crippen LogP contribution in [-0.2, 0) is 4.79 Å². The van der Waals surface area contributed by atoms with Gasteiger partial charge in [0.2, 0.25) is 5.91 Å². The summed E-state index contributed by atoms with van der Waals surface area (Å²) < 4.78 is 0. The largest absolute Gasteiger partial charge is 0.356 e. The fourth-order valence-corrected chi connectivity index (χ4v) is 4.90. The molecule has 2 aromatic carbocycles. The molecule has 1 fully saturated rings. The van der Waals surface area contributed by atoms with Crippen molar-refractivity contribution in [2.75, 3.05) is 43.2 Å². The first kappa shape index (κ1) is 23.7. The number of nitrogens with one attached hydrogen (secondary N) is 1. The van der Waals surface area contributed by atoms with Crippen LogP contribution in [0.3, 0.4) is 0 Å². The van der Waals surface area contributed by atoms with Crippen molar-refractivity contribution in [1.29, 1.82) is 0 Å². The van der Waals surface area contributed by atoms with E-state index in [1.807, 2.05) is 71.6 Å². The van der Waals surface area contributed by atoms with E-state index in [4.69, 9.17) is 23.2 Å². The summed E-state index contributed by atoms with van der Waals surface area (Å²) in [6, 6.07) is 15.8. The average Bonchev–Trinajstić information content (AvgIpc) is 3.29. The lowest BCUT2D eigenvalue weighted by atomic mass is 10.0. The number of nitrogens with zero attached hydrogens (tertiary/aromatic N) is 4. The zero-order chi connectivity index (χ0) is 23.2. The predicted octanol–water partition coefficient (Wildman–Crippen LogP) is 5.27. The van der Waals surface area contributed by atoms with Crippen LogP contribution in [0, 0.1) is 0 Å². The first-order valence-corrected chi connectivity index (χ1v) is 12.3. The van der Waals surface area contributed by atoms with Crippen molar-refractivity contribution in [3.8, 4) is 0 Å². The van der Waals surface area contributed by atoms with E-state index in [1.54, 1.807) is 0 Å². The van der Waals surface area contributed by atoms with E-state index in [-0.39, 0.29) is 11.9 Å². The second-order valence-corrected chi connectivity index (χ2v) is 9.27. The number of hydrazine groups is 1. The topological polar surface area (TPSA) is 42.1 Å². The summed E-state index contributed by atoms with van der Waals surface area (Å²) in [7, 11) is 0. The fraction of sp³-hybridized carbons (Fsp3) is 0.400. The maximum atomic E-state index is 12.7. The van der Waals surface area contributed by atoms with Gasteiger partial charge in [-0.1, -0.05) is 54.4 Å². The number of rotatable bonds is 8. The van der Waals surface area contributed by atoms with E-state index in [1.165, 1.54) is 0 Å². The quantitative estimate of drug-likeness (QED) is 0.548. The number of hydrogen-bond donors (Lipinski definition) is 1. The Balaban J connectivity index is 1.24. The van der Waals surface area contributed by atoms with Gasteiger partial charge < -0.3 is 14.7 Å². The maximum absolute atomic E-state index is 12.7. The lowest BCUT2D eigenvalue weighted by molar-refractivity contribution is -0.119. The zero-order valence-electron chi connectivity index (χ0n) is 19.0. The number of halogens is 2. The second kappa shape index (κ2) is 11.1. The van der Waals surface area contributed by atoms with Crippen molar-refractivity contribution in [3.05, 3.63) is 71.0 Å². The monoisotopic (exact) mass is 487 g/mol. The molecule has 2 aromatic rings. The van der Waals surface area contributed by atoms with E-state index < -0.39 is 0 Å². The van der Waals surface area contributed by atoms with E-state index in [9.17, 15) is 4.79 Å². The maximum Gasteiger partial charge on any atom is 0.226 e. The van der Waals surface area contributed by atoms with Gasteiger partial charge in [0.1, 0.15) is 6.67 Å². The standard InChI is InChI=1S/C25H31Cl2N5O/c1-2-24(33)32(20-7-4-3-5-8-20)21-11-13-29(14-12-21)15-16-30-17-18-31(19-30)28-25-22(26)9-6-10-23(25)27/h3-10,17-18,21,28H,2,11-16,19H2,1H3. The number of amides is 1. The molecule has 2 aliphatic rings. The smallest absolute Gasteiger partial charge is 0.226 e. The lowest BCUT2D eigenvalue weighted by Gasteiger charge is -2.39. The number of carbonyl (C=O) groups excluding carboxylic acids is 1. The molecule has 1 saturated heterocycles. The van der Waals surface area contributed by atoms with Crippen LogP contribution in [0.25, 0.3) is 0 Å². The van der Waals surface area contributed by atoms with Crippen molar-refractivity contribution >= 4 is 40.5 Å². The Kier molecular flexibility index (Phi) is 8.02. The average molecular weight is 488 g/mol. The third-order valence-corrected chi connectivity index (χ3v) is 6.87. The Bertz CT molecular complexity index is 942. The van der Waals surface area contributed by atoms with Crippen LogP contribution in [0.15, 0.2) is 60.9 Å². The Hall–Kier alpha value is -2.41. The Morgan fingerprint density at radius 3 is 2.36 bits per heavy atom. The number of anilines is 2. The summed E-state index contributed by atoms with van der Waals surface area (Å²) in [4.78, 5) is 19.4. The molecule has 2 aliphatic heterocycles. The molecule has 0 bridgehead atoms. The van der Waals surface area contributed by atoms with E-state index >= 15 is 0 Å². The minimum absolute atomic E-state index is 0.202. The molecular formula is C25H31Cl2N5O. The van der Waals surface area contributed by atoms with Crippen molar-refractivity contribution in [3.63, 3.8) is 0 Å². The van der Waals surface area contributed by atoms with E-state index in [0.717, 1.165) is 57.1 Å². The van der Waals surface area contributed by atoms with Crippen LogP contribution in [0.1, 0.15) is 26.2 Å². The first-order chi connectivity index (χ1) is 16.0. The molecule has 0 radical (unpaired) electrons. The number of benzene rings is 2. The van der Waals surface area contributed by atoms with Gasteiger partial charge in [0.25, 0.3) is 0 Å². The highest BCUT2D eigenvalue weighted by atomic mass is 35.5. The summed E-state index contributed by atoms with van der Waals surface area (Å²) in [5.74, 6) is 0.202. The van der Waals surface area contributed by atoms with Gasteiger partial charge >= 0.3 is 0 Å². The highest BCUT2D eigenvalue weighted by Gasteiger charge is 2.28. The van der Waals surface area contributed by atoms with Gasteiger partial charge in [-0.05, 0) is 37.1 Å². The fourth-order valence-electron chi connectivity index (χ4n) is 4.42. The van der Waals surface area contributed by atoms with Crippen molar-refractivity contribution < 1.29 is 4.79 Å². The minimum atomic E-state index is 0.202. The summed E-state index contributed by atoms with van der Waals surface area (Å²) in [5.41, 5.74) is 5.02. The van der Waals surface area contributed by atoms with Crippen LogP contribution < -0.4 is 10.3 Å². The molecule has 1 N–H and O–H groups in total. The molecule has 0 aromatic heterocycles. The molecule has 0 unspecified atom stereocenters. The normalized spacial score (nSPS) is 16.9. The number of carbonyl (C=O) groups is 1. The molecule has 0 saturated carbocycles. The SMILES string of the molecule is CCC(=O)N(c1ccccc1)C1CCN(CCN2C=CN(Nc3c(Cl)cccc3Cl)C2)CC1. The van der Waals surface area contributed by atoms with Gasteiger partial charge in [-0.25, -0.2) is 0 Å². The molecule has 0 atom stereocenters. The van der Waals surface area contributed by atoms with Crippen LogP contribution in [0.5, 0.6) is 0 Å². The number of para-hydroxylation sites is 2. The summed E-state index contributed by atoms with van der Waals surface area (Å²) in [6.45, 7) is 6.59. The molecule has 1 amide bonds. The van der Waals surface area contributed by atoms with Gasteiger partial charge in [-0.15, -0.1) is 0 Å². The summed E-state index contributed by atoms with van der Waals surface area (Å²) in [6.07, 6.45) is 6.60. The first-order valence-electron chi connectivity index (χ1n) is 11.5. The van der Waals surface area contributed by atoms with E-state index in [0.29, 0.717) is 16.5 Å². The zero-order valence-corrected chi connectivity index (χ0v) is 20.5. The molecule has 4 rings (SSSR count). The number of likely N-dealkylation sites (tertiary alicyclic amines) is 1. The molecule has 0 aliphatic carbocycles. The highest BCUT2D eigenvalue weighted by Crippen LogP contribution is 2.31. The van der Waals surface area contributed by atoms with Crippen LogP contribution in [-0.4, -0.2) is 59.6 Å². The van der Waals surface area contributed by atoms with Crippen molar-refractivity contribution in [1.82, 2.24) is 14.8 Å².